The molecule has 11 heteroatoms. The van der Waals surface area contributed by atoms with E-state index in [2.05, 4.69) is 16.8 Å². The average Bonchev–Trinajstić information content (AvgIpc) is 3.09. The fourth-order valence-corrected chi connectivity index (χ4v) is 3.88. The largest absolute Gasteiger partial charge is 0.394 e. The van der Waals surface area contributed by atoms with E-state index >= 15 is 0 Å². The number of ether oxygens (including phenoxy) is 1. The molecule has 1 aliphatic heterocycles. The number of aliphatic hydroxyl groups is 2. The van der Waals surface area contributed by atoms with Crippen LogP contribution in [-0.2, 0) is 19.0 Å². The summed E-state index contributed by atoms with van der Waals surface area (Å²) in [6.07, 6.45) is -1.35. The molecule has 0 amide bonds. The van der Waals surface area contributed by atoms with Gasteiger partial charge in [-0.05, 0) is 19.1 Å². The molecule has 3 rings (SSSR count). The zero-order valence-electron chi connectivity index (χ0n) is 16.6. The summed E-state index contributed by atoms with van der Waals surface area (Å²) in [5.41, 5.74) is -0.564. The molecule has 1 aromatic heterocycles. The molecule has 1 aliphatic rings. The molecule has 0 radical (unpaired) electrons. The van der Waals surface area contributed by atoms with Gasteiger partial charge in [0, 0.05) is 19.0 Å². The Morgan fingerprint density at radius 3 is 2.65 bits per heavy atom. The molecule has 1 saturated heterocycles. The summed E-state index contributed by atoms with van der Waals surface area (Å²) in [5.74, 6) is 5.21. The lowest BCUT2D eigenvalue weighted by Gasteiger charge is -2.14. The number of aliphatic hydroxyl groups excluding tert-OH is 2. The van der Waals surface area contributed by atoms with Gasteiger partial charge in [-0.15, -0.1) is 0 Å². The van der Waals surface area contributed by atoms with Crippen molar-refractivity contribution in [3.8, 4) is 11.8 Å². The summed E-state index contributed by atoms with van der Waals surface area (Å²) in [6, 6.07) is 6.21. The van der Waals surface area contributed by atoms with Gasteiger partial charge in [-0.25, -0.2) is 4.79 Å². The molecule has 166 valence electrons. The predicted molar refractivity (Wildman–Crippen MR) is 109 cm³/mol. The Balaban J connectivity index is 1.66. The summed E-state index contributed by atoms with van der Waals surface area (Å²) in [5, 5.41) is 19.0. The molecule has 0 spiro atoms. The molecule has 2 aromatic rings. The molecule has 3 N–H and O–H groups in total. The van der Waals surface area contributed by atoms with Crippen LogP contribution in [0.3, 0.4) is 0 Å². The van der Waals surface area contributed by atoms with E-state index in [1.54, 1.807) is 12.1 Å². The van der Waals surface area contributed by atoms with Gasteiger partial charge in [0.25, 0.3) is 15.7 Å². The summed E-state index contributed by atoms with van der Waals surface area (Å²) in [4.78, 5) is 26.2. The van der Waals surface area contributed by atoms with Crippen LogP contribution in [-0.4, -0.2) is 53.6 Å². The molecule has 10 nitrogen and oxygen atoms in total. The number of aromatic nitrogens is 2. The molecule has 3 unspecified atom stereocenters. The van der Waals surface area contributed by atoms with Crippen molar-refractivity contribution in [1.29, 1.82) is 0 Å². The first-order chi connectivity index (χ1) is 14.7. The molecular formula is C20H22N2O8S. The van der Waals surface area contributed by atoms with E-state index in [9.17, 15) is 28.2 Å². The third kappa shape index (κ3) is 5.49. The van der Waals surface area contributed by atoms with Gasteiger partial charge in [0.1, 0.15) is 17.9 Å². The number of aryl methyl sites for hydroxylation is 1. The van der Waals surface area contributed by atoms with Gasteiger partial charge in [0.05, 0.1) is 24.2 Å². The predicted octanol–water partition coefficient (Wildman–Crippen LogP) is -0.367. The lowest BCUT2D eigenvalue weighted by atomic mass is 10.2. The smallest absolute Gasteiger partial charge is 0.330 e. The maximum absolute atomic E-state index is 12.1. The van der Waals surface area contributed by atoms with Crippen molar-refractivity contribution in [3.05, 3.63) is 62.4 Å². The van der Waals surface area contributed by atoms with Crippen molar-refractivity contribution >= 4 is 10.1 Å². The van der Waals surface area contributed by atoms with E-state index in [-0.39, 0.29) is 29.9 Å². The van der Waals surface area contributed by atoms with E-state index in [1.165, 1.54) is 18.3 Å². The second-order valence-electron chi connectivity index (χ2n) is 6.97. The Kier molecular flexibility index (Phi) is 7.09. The van der Waals surface area contributed by atoms with E-state index in [4.69, 9.17) is 8.92 Å². The van der Waals surface area contributed by atoms with Crippen LogP contribution in [0, 0.1) is 18.8 Å². The summed E-state index contributed by atoms with van der Waals surface area (Å²) in [6.45, 7) is 1.22. The van der Waals surface area contributed by atoms with Crippen molar-refractivity contribution in [2.75, 3.05) is 13.2 Å². The molecule has 0 bridgehead atoms. The van der Waals surface area contributed by atoms with E-state index in [0.717, 1.165) is 10.1 Å². The first-order valence-corrected chi connectivity index (χ1v) is 10.9. The van der Waals surface area contributed by atoms with E-state index in [1.807, 2.05) is 6.92 Å². The van der Waals surface area contributed by atoms with Gasteiger partial charge >= 0.3 is 5.69 Å². The summed E-state index contributed by atoms with van der Waals surface area (Å²) < 4.78 is 35.7. The lowest BCUT2D eigenvalue weighted by Crippen LogP contribution is -2.33. The zero-order chi connectivity index (χ0) is 22.6. The number of nitrogens with one attached hydrogen (secondary N) is 1. The highest BCUT2D eigenvalue weighted by atomic mass is 32.2. The van der Waals surface area contributed by atoms with Gasteiger partial charge in [0.2, 0.25) is 0 Å². The minimum atomic E-state index is -3.91. The van der Waals surface area contributed by atoms with Crippen molar-refractivity contribution in [3.63, 3.8) is 0 Å². The van der Waals surface area contributed by atoms with Crippen molar-refractivity contribution < 1.29 is 27.6 Å². The minimum absolute atomic E-state index is 0.0227. The van der Waals surface area contributed by atoms with Crippen LogP contribution in [0.5, 0.6) is 0 Å². The fourth-order valence-electron chi connectivity index (χ4n) is 2.97. The monoisotopic (exact) mass is 450 g/mol. The summed E-state index contributed by atoms with van der Waals surface area (Å²) in [7, 11) is -3.91. The molecular weight excluding hydrogens is 428 g/mol. The van der Waals surface area contributed by atoms with Gasteiger partial charge in [0.15, 0.2) is 0 Å². The topological polar surface area (TPSA) is 148 Å². The highest BCUT2D eigenvalue weighted by Crippen LogP contribution is 2.27. The Bertz CT molecular complexity index is 1200. The van der Waals surface area contributed by atoms with Gasteiger partial charge in [-0.1, -0.05) is 29.5 Å². The maximum Gasteiger partial charge on any atom is 0.330 e. The Hall–Kier alpha value is -2.75. The molecule has 31 heavy (non-hydrogen) atoms. The van der Waals surface area contributed by atoms with Crippen molar-refractivity contribution in [2.24, 2.45) is 0 Å². The molecule has 1 aromatic carbocycles. The maximum atomic E-state index is 12.1. The van der Waals surface area contributed by atoms with Crippen molar-refractivity contribution in [1.82, 2.24) is 9.55 Å². The Morgan fingerprint density at radius 2 is 2.00 bits per heavy atom. The highest BCUT2D eigenvalue weighted by Gasteiger charge is 2.35. The molecule has 3 atom stereocenters. The van der Waals surface area contributed by atoms with Crippen LogP contribution < -0.4 is 11.2 Å². The van der Waals surface area contributed by atoms with Crippen LogP contribution in [0.2, 0.25) is 0 Å². The Morgan fingerprint density at radius 1 is 1.29 bits per heavy atom. The number of benzene rings is 1. The van der Waals surface area contributed by atoms with E-state index in [0.29, 0.717) is 0 Å². The van der Waals surface area contributed by atoms with Gasteiger partial charge in [-0.2, -0.15) is 8.42 Å². The first-order valence-electron chi connectivity index (χ1n) is 9.46. The zero-order valence-corrected chi connectivity index (χ0v) is 17.5. The van der Waals surface area contributed by atoms with Crippen LogP contribution in [0.25, 0.3) is 0 Å². The van der Waals surface area contributed by atoms with Gasteiger partial charge < -0.3 is 14.9 Å². The highest BCUT2D eigenvalue weighted by molar-refractivity contribution is 7.86. The lowest BCUT2D eigenvalue weighted by molar-refractivity contribution is -0.0459. The van der Waals surface area contributed by atoms with E-state index < -0.39 is 46.4 Å². The van der Waals surface area contributed by atoms with Crippen LogP contribution in [0.15, 0.2) is 44.9 Å². The van der Waals surface area contributed by atoms with Crippen LogP contribution in [0.1, 0.15) is 30.2 Å². The third-order valence-corrected chi connectivity index (χ3v) is 5.99. The second kappa shape index (κ2) is 9.59. The quantitative estimate of drug-likeness (QED) is 0.307. The minimum Gasteiger partial charge on any atom is -0.394 e. The fraction of sp³-hybridized carbons (Fsp3) is 0.400. The summed E-state index contributed by atoms with van der Waals surface area (Å²) >= 11 is 0. The van der Waals surface area contributed by atoms with Crippen molar-refractivity contribution in [2.45, 2.75) is 43.1 Å². The number of nitrogens with zero attached hydrogens (tertiary/aromatic N) is 1. The van der Waals surface area contributed by atoms with Gasteiger partial charge in [-0.3, -0.25) is 18.5 Å². The first kappa shape index (κ1) is 22.9. The number of hydrogen-bond acceptors (Lipinski definition) is 8. The third-order valence-electron chi connectivity index (χ3n) is 4.66. The molecule has 0 saturated carbocycles. The number of aromatic amines is 1. The second-order valence-corrected chi connectivity index (χ2v) is 8.58. The number of H-pyrrole nitrogens is 1. The number of hydrogen-bond donors (Lipinski definition) is 3. The average molecular weight is 450 g/mol. The molecule has 2 heterocycles. The normalized spacial score (nSPS) is 20.9. The number of rotatable bonds is 6. The van der Waals surface area contributed by atoms with Crippen LogP contribution >= 0.6 is 0 Å². The SMILES string of the molecule is Cc1ccc(S(=O)(=O)OCCC#Cc2cn(C3CC(O)C(CO)O3)c(=O)[nH]c2=O)cc1. The standard InChI is InChI=1S/C20H22N2O8S/c1-13-5-7-15(8-6-13)31(27,28)29-9-3-2-4-14-11-22(20(26)21-19(14)25)18-10-16(24)17(12-23)30-18/h5-8,11,16-18,23-24H,3,9-10,12H2,1H3,(H,21,25,26). The molecule has 1 fully saturated rings. The molecule has 0 aliphatic carbocycles. The van der Waals surface area contributed by atoms with Crippen LogP contribution in [0.4, 0.5) is 0 Å². The Labute approximate surface area is 178 Å².